The zero-order chi connectivity index (χ0) is 10.9. The first-order chi connectivity index (χ1) is 7.11. The van der Waals surface area contributed by atoms with Crippen LogP contribution in [0.3, 0.4) is 0 Å². The number of benzene rings is 1. The molecule has 1 unspecified atom stereocenters. The van der Waals surface area contributed by atoms with Crippen molar-refractivity contribution in [1.29, 1.82) is 0 Å². The molecule has 1 fully saturated rings. The summed E-state index contributed by atoms with van der Waals surface area (Å²) in [5.41, 5.74) is 1.24. The molecule has 1 atom stereocenters. The van der Waals surface area contributed by atoms with E-state index >= 15 is 0 Å². The van der Waals surface area contributed by atoms with Crippen LogP contribution in [0, 0.1) is 11.2 Å². The molecule has 0 bridgehead atoms. The monoisotopic (exact) mass is 207 g/mol. The van der Waals surface area contributed by atoms with Crippen molar-refractivity contribution in [2.45, 2.75) is 32.7 Å². The van der Waals surface area contributed by atoms with E-state index in [4.69, 9.17) is 0 Å². The summed E-state index contributed by atoms with van der Waals surface area (Å²) in [6.07, 6.45) is 2.59. The number of hydrogen-bond acceptors (Lipinski definition) is 1. The predicted octanol–water partition coefficient (Wildman–Crippen LogP) is 3.28. The van der Waals surface area contributed by atoms with E-state index in [2.05, 4.69) is 12.2 Å². The Hall–Kier alpha value is -0.890. The molecule has 1 aliphatic carbocycles. The molecule has 0 aliphatic heterocycles. The van der Waals surface area contributed by atoms with Crippen LogP contribution in [-0.4, -0.2) is 6.54 Å². The Morgan fingerprint density at radius 1 is 1.40 bits per heavy atom. The largest absolute Gasteiger partial charge is 0.310 e. The third kappa shape index (κ3) is 2.57. The maximum atomic E-state index is 13.4. The van der Waals surface area contributed by atoms with E-state index in [1.54, 1.807) is 6.07 Å². The van der Waals surface area contributed by atoms with E-state index in [0.29, 0.717) is 5.41 Å². The van der Waals surface area contributed by atoms with Crippen LogP contribution < -0.4 is 5.32 Å². The molecule has 1 aliphatic rings. The fourth-order valence-corrected chi connectivity index (χ4v) is 1.73. The highest BCUT2D eigenvalue weighted by molar-refractivity contribution is 5.20. The standard InChI is InChI=1S/C13H18FN/c1-10(15-9-13(2)7-8-13)11-5-3-4-6-12(11)14/h3-6,10,15H,7-9H2,1-2H3. The minimum atomic E-state index is -0.113. The van der Waals surface area contributed by atoms with Gasteiger partial charge >= 0.3 is 0 Å². The lowest BCUT2D eigenvalue weighted by molar-refractivity contribution is 0.446. The van der Waals surface area contributed by atoms with Gasteiger partial charge in [0.25, 0.3) is 0 Å². The van der Waals surface area contributed by atoms with Crippen molar-refractivity contribution in [3.8, 4) is 0 Å². The van der Waals surface area contributed by atoms with Gasteiger partial charge in [0.15, 0.2) is 0 Å². The minimum absolute atomic E-state index is 0.101. The lowest BCUT2D eigenvalue weighted by Crippen LogP contribution is -2.25. The number of halogens is 1. The second-order valence-corrected chi connectivity index (χ2v) is 4.93. The lowest BCUT2D eigenvalue weighted by atomic mass is 10.1. The van der Waals surface area contributed by atoms with E-state index in [9.17, 15) is 4.39 Å². The summed E-state index contributed by atoms with van der Waals surface area (Å²) in [4.78, 5) is 0. The number of rotatable bonds is 4. The summed E-state index contributed by atoms with van der Waals surface area (Å²) < 4.78 is 13.4. The normalized spacial score (nSPS) is 19.9. The van der Waals surface area contributed by atoms with E-state index in [1.165, 1.54) is 18.9 Å². The van der Waals surface area contributed by atoms with E-state index in [-0.39, 0.29) is 11.9 Å². The highest BCUT2D eigenvalue weighted by Gasteiger charge is 2.36. The van der Waals surface area contributed by atoms with Gasteiger partial charge in [0, 0.05) is 18.2 Å². The molecule has 0 radical (unpaired) electrons. The average Bonchev–Trinajstić information content (AvgIpc) is 2.95. The summed E-state index contributed by atoms with van der Waals surface area (Å²) in [5, 5.41) is 3.40. The first-order valence-corrected chi connectivity index (χ1v) is 5.59. The highest BCUT2D eigenvalue weighted by atomic mass is 19.1. The van der Waals surface area contributed by atoms with Crippen LogP contribution in [0.2, 0.25) is 0 Å². The van der Waals surface area contributed by atoms with Gasteiger partial charge in [-0.25, -0.2) is 4.39 Å². The third-order valence-corrected chi connectivity index (χ3v) is 3.31. The van der Waals surface area contributed by atoms with Gasteiger partial charge in [-0.05, 0) is 31.2 Å². The summed E-state index contributed by atoms with van der Waals surface area (Å²) in [7, 11) is 0. The Bertz CT molecular complexity index is 344. The molecule has 1 nitrogen and oxygen atoms in total. The number of nitrogens with one attached hydrogen (secondary N) is 1. The van der Waals surface area contributed by atoms with Gasteiger partial charge in [-0.15, -0.1) is 0 Å². The maximum absolute atomic E-state index is 13.4. The second kappa shape index (κ2) is 3.93. The summed E-state index contributed by atoms with van der Waals surface area (Å²) in [6.45, 7) is 5.28. The predicted molar refractivity (Wildman–Crippen MR) is 60.2 cm³/mol. The molecule has 1 saturated carbocycles. The molecule has 0 aromatic heterocycles. The molecule has 0 amide bonds. The van der Waals surface area contributed by atoms with Gasteiger partial charge in [0.05, 0.1) is 0 Å². The summed E-state index contributed by atoms with van der Waals surface area (Å²) in [6, 6.07) is 7.08. The Morgan fingerprint density at radius 2 is 2.07 bits per heavy atom. The van der Waals surface area contributed by atoms with Crippen LogP contribution in [0.25, 0.3) is 0 Å². The SMILES string of the molecule is CC(NCC1(C)CC1)c1ccccc1F. The molecule has 1 aromatic rings. The van der Waals surface area contributed by atoms with Crippen LogP contribution in [0.5, 0.6) is 0 Å². The quantitative estimate of drug-likeness (QED) is 0.799. The van der Waals surface area contributed by atoms with Crippen molar-refractivity contribution in [1.82, 2.24) is 5.32 Å². The smallest absolute Gasteiger partial charge is 0.127 e. The van der Waals surface area contributed by atoms with Crippen LogP contribution in [-0.2, 0) is 0 Å². The Labute approximate surface area is 90.7 Å². The molecule has 0 spiro atoms. The van der Waals surface area contributed by atoms with Crippen molar-refractivity contribution >= 4 is 0 Å². The molecular weight excluding hydrogens is 189 g/mol. The fourth-order valence-electron chi connectivity index (χ4n) is 1.73. The van der Waals surface area contributed by atoms with Crippen LogP contribution >= 0.6 is 0 Å². The summed E-state index contributed by atoms with van der Waals surface area (Å²) >= 11 is 0. The van der Waals surface area contributed by atoms with Crippen molar-refractivity contribution in [2.24, 2.45) is 5.41 Å². The van der Waals surface area contributed by atoms with Crippen molar-refractivity contribution in [3.63, 3.8) is 0 Å². The molecule has 1 aromatic carbocycles. The molecule has 15 heavy (non-hydrogen) atoms. The molecule has 1 N–H and O–H groups in total. The van der Waals surface area contributed by atoms with Crippen molar-refractivity contribution in [3.05, 3.63) is 35.6 Å². The van der Waals surface area contributed by atoms with Gasteiger partial charge in [-0.2, -0.15) is 0 Å². The Kier molecular flexibility index (Phi) is 2.79. The van der Waals surface area contributed by atoms with Gasteiger partial charge in [-0.1, -0.05) is 25.1 Å². The van der Waals surface area contributed by atoms with Crippen LogP contribution in [0.15, 0.2) is 24.3 Å². The minimum Gasteiger partial charge on any atom is -0.310 e. The van der Waals surface area contributed by atoms with Gasteiger partial charge in [-0.3, -0.25) is 0 Å². The van der Waals surface area contributed by atoms with E-state index in [1.807, 2.05) is 19.1 Å². The Morgan fingerprint density at radius 3 is 2.67 bits per heavy atom. The molecule has 0 saturated heterocycles. The average molecular weight is 207 g/mol. The van der Waals surface area contributed by atoms with Crippen LogP contribution in [0.4, 0.5) is 4.39 Å². The van der Waals surface area contributed by atoms with Crippen molar-refractivity contribution < 1.29 is 4.39 Å². The van der Waals surface area contributed by atoms with Crippen LogP contribution in [0.1, 0.15) is 38.3 Å². The summed E-state index contributed by atoms with van der Waals surface area (Å²) in [5.74, 6) is -0.113. The molecule has 82 valence electrons. The van der Waals surface area contributed by atoms with E-state index < -0.39 is 0 Å². The molecule has 0 heterocycles. The van der Waals surface area contributed by atoms with Gasteiger partial charge in [0.1, 0.15) is 5.82 Å². The van der Waals surface area contributed by atoms with Gasteiger partial charge < -0.3 is 5.32 Å². The second-order valence-electron chi connectivity index (χ2n) is 4.93. The fraction of sp³-hybridized carbons (Fsp3) is 0.538. The topological polar surface area (TPSA) is 12.0 Å². The van der Waals surface area contributed by atoms with Gasteiger partial charge in [0.2, 0.25) is 0 Å². The lowest BCUT2D eigenvalue weighted by Gasteiger charge is -2.17. The zero-order valence-corrected chi connectivity index (χ0v) is 9.39. The highest BCUT2D eigenvalue weighted by Crippen LogP contribution is 2.44. The third-order valence-electron chi connectivity index (χ3n) is 3.31. The molecule has 2 rings (SSSR count). The number of hydrogen-bond donors (Lipinski definition) is 1. The first kappa shape index (κ1) is 10.6. The van der Waals surface area contributed by atoms with E-state index in [0.717, 1.165) is 12.1 Å². The Balaban J connectivity index is 1.95. The van der Waals surface area contributed by atoms with Crippen molar-refractivity contribution in [2.75, 3.05) is 6.54 Å². The first-order valence-electron chi connectivity index (χ1n) is 5.59. The maximum Gasteiger partial charge on any atom is 0.127 e. The zero-order valence-electron chi connectivity index (χ0n) is 9.39. The molecular formula is C13H18FN. The molecule has 2 heteroatoms.